The van der Waals surface area contributed by atoms with E-state index >= 15 is 0 Å². The number of aromatic nitrogens is 2. The fourth-order valence-corrected chi connectivity index (χ4v) is 2.14. The number of nitrogens with zero attached hydrogens (tertiary/aromatic N) is 1. The first kappa shape index (κ1) is 14.6. The molecule has 0 aliphatic heterocycles. The minimum Gasteiger partial charge on any atom is -0.476 e. The fraction of sp³-hybridized carbons (Fsp3) is 0.0625. The molecule has 2 aromatic carbocycles. The van der Waals surface area contributed by atoms with Crippen LogP contribution in [0.15, 0.2) is 48.5 Å². The SMILES string of the molecule is O=C(Nc1ccc2c(C(=O)O)n[nH]c2c1)OCc1ccccc1. The van der Waals surface area contributed by atoms with E-state index in [0.29, 0.717) is 16.6 Å². The van der Waals surface area contributed by atoms with Gasteiger partial charge in [0.25, 0.3) is 0 Å². The second-order valence-corrected chi connectivity index (χ2v) is 4.82. The minimum atomic E-state index is -1.11. The highest BCUT2D eigenvalue weighted by molar-refractivity contribution is 6.02. The summed E-state index contributed by atoms with van der Waals surface area (Å²) in [6.45, 7) is 0.169. The molecule has 1 amide bonds. The number of fused-ring (bicyclic) bond motifs is 1. The topological polar surface area (TPSA) is 104 Å². The smallest absolute Gasteiger partial charge is 0.411 e. The molecule has 0 saturated carbocycles. The number of nitrogens with one attached hydrogen (secondary N) is 2. The number of anilines is 1. The Morgan fingerprint density at radius 3 is 2.70 bits per heavy atom. The Morgan fingerprint density at radius 1 is 1.17 bits per heavy atom. The monoisotopic (exact) mass is 311 g/mol. The van der Waals surface area contributed by atoms with E-state index < -0.39 is 12.1 Å². The van der Waals surface area contributed by atoms with Crippen molar-refractivity contribution >= 4 is 28.7 Å². The largest absolute Gasteiger partial charge is 0.476 e. The molecule has 3 rings (SSSR count). The molecule has 3 N–H and O–H groups in total. The fourth-order valence-electron chi connectivity index (χ4n) is 2.14. The van der Waals surface area contributed by atoms with Gasteiger partial charge in [-0.3, -0.25) is 10.4 Å². The molecule has 0 aliphatic rings. The van der Waals surface area contributed by atoms with E-state index in [4.69, 9.17) is 9.84 Å². The van der Waals surface area contributed by atoms with E-state index in [1.54, 1.807) is 18.2 Å². The van der Waals surface area contributed by atoms with Crippen molar-refractivity contribution in [3.63, 3.8) is 0 Å². The Balaban J connectivity index is 1.66. The predicted octanol–water partition coefficient (Wildman–Crippen LogP) is 3.01. The van der Waals surface area contributed by atoms with Crippen LogP contribution in [0.3, 0.4) is 0 Å². The van der Waals surface area contributed by atoms with Crippen molar-refractivity contribution < 1.29 is 19.4 Å². The lowest BCUT2D eigenvalue weighted by Gasteiger charge is -2.07. The van der Waals surface area contributed by atoms with E-state index in [1.165, 1.54) is 0 Å². The molecule has 1 aromatic heterocycles. The number of carbonyl (C=O) groups excluding carboxylic acids is 1. The lowest BCUT2D eigenvalue weighted by Crippen LogP contribution is -2.13. The van der Waals surface area contributed by atoms with E-state index in [2.05, 4.69) is 15.5 Å². The lowest BCUT2D eigenvalue weighted by molar-refractivity contribution is 0.0692. The van der Waals surface area contributed by atoms with E-state index in [1.807, 2.05) is 30.3 Å². The van der Waals surface area contributed by atoms with Gasteiger partial charge in [0.2, 0.25) is 0 Å². The number of hydrogen-bond donors (Lipinski definition) is 3. The molecule has 7 nitrogen and oxygen atoms in total. The van der Waals surface area contributed by atoms with E-state index in [9.17, 15) is 9.59 Å². The van der Waals surface area contributed by atoms with Crippen LogP contribution in [0.25, 0.3) is 10.9 Å². The molecule has 0 atom stereocenters. The first-order chi connectivity index (χ1) is 11.1. The van der Waals surface area contributed by atoms with Gasteiger partial charge in [0.05, 0.1) is 5.52 Å². The molecule has 7 heteroatoms. The summed E-state index contributed by atoms with van der Waals surface area (Å²) in [5, 5.41) is 18.4. The van der Waals surface area contributed by atoms with Gasteiger partial charge in [-0.1, -0.05) is 30.3 Å². The van der Waals surface area contributed by atoms with Crippen LogP contribution in [0, 0.1) is 0 Å². The van der Waals surface area contributed by atoms with Gasteiger partial charge in [0.1, 0.15) is 6.61 Å². The summed E-state index contributed by atoms with van der Waals surface area (Å²) in [5.74, 6) is -1.11. The van der Waals surface area contributed by atoms with Gasteiger partial charge in [-0.15, -0.1) is 0 Å². The van der Waals surface area contributed by atoms with Crippen molar-refractivity contribution in [1.29, 1.82) is 0 Å². The summed E-state index contributed by atoms with van der Waals surface area (Å²) in [4.78, 5) is 22.8. The van der Waals surface area contributed by atoms with Crippen molar-refractivity contribution in [2.24, 2.45) is 0 Å². The molecule has 0 spiro atoms. The van der Waals surface area contributed by atoms with Gasteiger partial charge in [0, 0.05) is 11.1 Å². The molecule has 0 bridgehead atoms. The quantitative estimate of drug-likeness (QED) is 0.687. The molecule has 0 aliphatic carbocycles. The number of carbonyl (C=O) groups is 2. The van der Waals surface area contributed by atoms with Crippen LogP contribution < -0.4 is 5.32 Å². The molecule has 0 fully saturated rings. The highest BCUT2D eigenvalue weighted by atomic mass is 16.5. The maximum absolute atomic E-state index is 11.8. The summed E-state index contributed by atoms with van der Waals surface area (Å²) in [5.41, 5.74) is 1.83. The molecule has 116 valence electrons. The molecule has 0 unspecified atom stereocenters. The van der Waals surface area contributed by atoms with E-state index in [0.717, 1.165) is 5.56 Å². The number of H-pyrrole nitrogens is 1. The van der Waals surface area contributed by atoms with Gasteiger partial charge in [0.15, 0.2) is 5.69 Å². The average molecular weight is 311 g/mol. The van der Waals surface area contributed by atoms with Crippen LogP contribution in [-0.2, 0) is 11.3 Å². The average Bonchev–Trinajstić information content (AvgIpc) is 2.97. The zero-order chi connectivity index (χ0) is 16.2. The number of rotatable bonds is 4. The van der Waals surface area contributed by atoms with Crippen LogP contribution >= 0.6 is 0 Å². The van der Waals surface area contributed by atoms with Crippen LogP contribution in [0.4, 0.5) is 10.5 Å². The Bertz CT molecular complexity index is 858. The number of aromatic amines is 1. The number of carboxylic acids is 1. The van der Waals surface area contributed by atoms with E-state index in [-0.39, 0.29) is 12.3 Å². The zero-order valence-electron chi connectivity index (χ0n) is 11.9. The number of benzene rings is 2. The Morgan fingerprint density at radius 2 is 1.96 bits per heavy atom. The number of aromatic carboxylic acids is 1. The number of carboxylic acid groups (broad SMARTS) is 1. The molecule has 0 saturated heterocycles. The summed E-state index contributed by atoms with van der Waals surface area (Å²) in [7, 11) is 0. The number of amides is 1. The Kier molecular flexibility index (Phi) is 3.92. The molecular weight excluding hydrogens is 298 g/mol. The minimum absolute atomic E-state index is 0.0572. The Labute approximate surface area is 130 Å². The van der Waals surface area contributed by atoms with Crippen LogP contribution in [0.5, 0.6) is 0 Å². The highest BCUT2D eigenvalue weighted by Gasteiger charge is 2.13. The zero-order valence-corrected chi connectivity index (χ0v) is 11.9. The van der Waals surface area contributed by atoms with Gasteiger partial charge in [-0.25, -0.2) is 9.59 Å². The standard InChI is InChI=1S/C16H13N3O4/c20-15(21)14-12-7-6-11(8-13(12)18-19-14)17-16(22)23-9-10-4-2-1-3-5-10/h1-8H,9H2,(H,17,22)(H,18,19)(H,20,21). The third kappa shape index (κ3) is 3.29. The Hall–Kier alpha value is -3.35. The summed E-state index contributed by atoms with van der Waals surface area (Å²) < 4.78 is 5.12. The predicted molar refractivity (Wildman–Crippen MR) is 83.3 cm³/mol. The first-order valence-electron chi connectivity index (χ1n) is 6.82. The second kappa shape index (κ2) is 6.18. The van der Waals surface area contributed by atoms with Crippen LogP contribution in [0.1, 0.15) is 16.1 Å². The first-order valence-corrected chi connectivity index (χ1v) is 6.82. The molecule has 23 heavy (non-hydrogen) atoms. The molecular formula is C16H13N3O4. The van der Waals surface area contributed by atoms with Gasteiger partial charge >= 0.3 is 12.1 Å². The summed E-state index contributed by atoms with van der Waals surface area (Å²) >= 11 is 0. The van der Waals surface area contributed by atoms with Gasteiger partial charge in [-0.05, 0) is 23.8 Å². The van der Waals surface area contributed by atoms with Crippen LogP contribution in [-0.4, -0.2) is 27.4 Å². The third-order valence-electron chi connectivity index (χ3n) is 3.22. The molecule has 3 aromatic rings. The highest BCUT2D eigenvalue weighted by Crippen LogP contribution is 2.20. The maximum atomic E-state index is 11.8. The van der Waals surface area contributed by atoms with Gasteiger partial charge < -0.3 is 9.84 Å². The molecule has 0 radical (unpaired) electrons. The summed E-state index contributed by atoms with van der Waals surface area (Å²) in [6, 6.07) is 14.1. The lowest BCUT2D eigenvalue weighted by atomic mass is 10.2. The maximum Gasteiger partial charge on any atom is 0.411 e. The third-order valence-corrected chi connectivity index (χ3v) is 3.22. The van der Waals surface area contributed by atoms with Crippen molar-refractivity contribution in [1.82, 2.24) is 10.2 Å². The summed E-state index contributed by atoms with van der Waals surface area (Å²) in [6.07, 6.45) is -0.592. The van der Waals surface area contributed by atoms with Crippen molar-refractivity contribution in [3.8, 4) is 0 Å². The number of hydrogen-bond acceptors (Lipinski definition) is 4. The van der Waals surface area contributed by atoms with Crippen LogP contribution in [0.2, 0.25) is 0 Å². The van der Waals surface area contributed by atoms with Crippen molar-refractivity contribution in [2.75, 3.05) is 5.32 Å². The van der Waals surface area contributed by atoms with Crippen molar-refractivity contribution in [3.05, 3.63) is 59.8 Å². The molecule has 1 heterocycles. The second-order valence-electron chi connectivity index (χ2n) is 4.82. The number of ether oxygens (including phenoxy) is 1. The van der Waals surface area contributed by atoms with Crippen molar-refractivity contribution in [2.45, 2.75) is 6.61 Å². The normalized spacial score (nSPS) is 10.4. The van der Waals surface area contributed by atoms with Gasteiger partial charge in [-0.2, -0.15) is 5.10 Å².